The number of rotatable bonds is 6. The fourth-order valence-electron chi connectivity index (χ4n) is 3.25. The standard InChI is InChI=1S/C20H25NO3/c22-15-16-10-12-21(13-11-16)20(23)9-4-14-24-19-8-3-6-17-5-1-2-7-18(17)19/h1-3,5-8,16,22H,4,9-15H2. The van der Waals surface area contributed by atoms with Crippen LogP contribution in [-0.4, -0.2) is 42.2 Å². The van der Waals surface area contributed by atoms with E-state index in [1.807, 2.05) is 29.2 Å². The summed E-state index contributed by atoms with van der Waals surface area (Å²) in [6, 6.07) is 14.2. The Morgan fingerprint density at radius 1 is 1.12 bits per heavy atom. The smallest absolute Gasteiger partial charge is 0.222 e. The molecule has 1 N–H and O–H groups in total. The summed E-state index contributed by atoms with van der Waals surface area (Å²) in [6.45, 7) is 2.33. The maximum absolute atomic E-state index is 12.2. The number of likely N-dealkylation sites (tertiary alicyclic amines) is 1. The molecule has 128 valence electrons. The Morgan fingerprint density at radius 2 is 1.88 bits per heavy atom. The number of carbonyl (C=O) groups excluding carboxylic acids is 1. The Bertz CT molecular complexity index is 672. The van der Waals surface area contributed by atoms with Crippen LogP contribution in [0.1, 0.15) is 25.7 Å². The molecule has 24 heavy (non-hydrogen) atoms. The molecule has 1 aliphatic heterocycles. The maximum Gasteiger partial charge on any atom is 0.222 e. The second kappa shape index (κ2) is 8.15. The second-order valence-corrected chi connectivity index (χ2v) is 6.44. The first-order valence-corrected chi connectivity index (χ1v) is 8.77. The summed E-state index contributed by atoms with van der Waals surface area (Å²) >= 11 is 0. The van der Waals surface area contributed by atoms with Gasteiger partial charge in [-0.15, -0.1) is 0 Å². The molecule has 1 fully saturated rings. The van der Waals surface area contributed by atoms with E-state index in [4.69, 9.17) is 9.84 Å². The summed E-state index contributed by atoms with van der Waals surface area (Å²) in [7, 11) is 0. The van der Waals surface area contributed by atoms with Crippen molar-refractivity contribution < 1.29 is 14.6 Å². The van der Waals surface area contributed by atoms with E-state index in [-0.39, 0.29) is 12.5 Å². The molecule has 0 spiro atoms. The molecule has 1 heterocycles. The van der Waals surface area contributed by atoms with Gasteiger partial charge in [0.05, 0.1) is 6.61 Å². The number of nitrogens with zero attached hydrogens (tertiary/aromatic N) is 1. The van der Waals surface area contributed by atoms with Crippen molar-refractivity contribution in [3.8, 4) is 5.75 Å². The third-order valence-electron chi connectivity index (χ3n) is 4.77. The largest absolute Gasteiger partial charge is 0.493 e. The Morgan fingerprint density at radius 3 is 2.67 bits per heavy atom. The summed E-state index contributed by atoms with van der Waals surface area (Å²) < 4.78 is 5.89. The molecule has 0 radical (unpaired) electrons. The van der Waals surface area contributed by atoms with E-state index in [2.05, 4.69) is 18.2 Å². The molecule has 4 nitrogen and oxygen atoms in total. The molecule has 3 rings (SSSR count). The predicted octanol–water partition coefficient (Wildman–Crippen LogP) is 3.23. The predicted molar refractivity (Wildman–Crippen MR) is 95.1 cm³/mol. The first-order chi connectivity index (χ1) is 11.8. The topological polar surface area (TPSA) is 49.8 Å². The van der Waals surface area contributed by atoms with Crippen LogP contribution in [0.15, 0.2) is 42.5 Å². The van der Waals surface area contributed by atoms with Gasteiger partial charge in [0.2, 0.25) is 5.91 Å². The van der Waals surface area contributed by atoms with E-state index in [1.54, 1.807) is 0 Å². The lowest BCUT2D eigenvalue weighted by atomic mass is 9.97. The van der Waals surface area contributed by atoms with Gasteiger partial charge >= 0.3 is 0 Å². The molecule has 1 saturated heterocycles. The van der Waals surface area contributed by atoms with E-state index in [1.165, 1.54) is 0 Å². The quantitative estimate of drug-likeness (QED) is 0.829. The molecule has 1 amide bonds. The highest BCUT2D eigenvalue weighted by Gasteiger charge is 2.21. The molecule has 0 aliphatic carbocycles. The van der Waals surface area contributed by atoms with Crippen LogP contribution < -0.4 is 4.74 Å². The zero-order valence-corrected chi connectivity index (χ0v) is 14.0. The van der Waals surface area contributed by atoms with Gasteiger partial charge in [-0.2, -0.15) is 0 Å². The monoisotopic (exact) mass is 327 g/mol. The number of benzene rings is 2. The van der Waals surface area contributed by atoms with E-state index in [0.717, 1.165) is 48.9 Å². The minimum absolute atomic E-state index is 0.202. The summed E-state index contributed by atoms with van der Waals surface area (Å²) in [5, 5.41) is 11.4. The highest BCUT2D eigenvalue weighted by atomic mass is 16.5. The molecule has 4 heteroatoms. The van der Waals surface area contributed by atoms with Crippen molar-refractivity contribution in [1.29, 1.82) is 0 Å². The van der Waals surface area contributed by atoms with Crippen molar-refractivity contribution in [2.75, 3.05) is 26.3 Å². The highest BCUT2D eigenvalue weighted by molar-refractivity contribution is 5.88. The summed E-state index contributed by atoms with van der Waals surface area (Å²) in [6.07, 6.45) is 3.07. The maximum atomic E-state index is 12.2. The van der Waals surface area contributed by atoms with Crippen LogP contribution in [0.5, 0.6) is 5.75 Å². The Kier molecular flexibility index (Phi) is 5.70. The number of aliphatic hydroxyl groups is 1. The SMILES string of the molecule is O=C(CCCOc1cccc2ccccc12)N1CCC(CO)CC1. The molecule has 2 aromatic carbocycles. The first-order valence-electron chi connectivity index (χ1n) is 8.77. The number of fused-ring (bicyclic) bond motifs is 1. The van der Waals surface area contributed by atoms with E-state index < -0.39 is 0 Å². The van der Waals surface area contributed by atoms with E-state index in [9.17, 15) is 4.79 Å². The van der Waals surface area contributed by atoms with Crippen molar-refractivity contribution in [3.63, 3.8) is 0 Å². The van der Waals surface area contributed by atoms with Gasteiger partial charge in [-0.3, -0.25) is 4.79 Å². The third kappa shape index (κ3) is 4.06. The van der Waals surface area contributed by atoms with Crippen LogP contribution in [0.3, 0.4) is 0 Å². The number of aliphatic hydroxyl groups excluding tert-OH is 1. The summed E-state index contributed by atoms with van der Waals surface area (Å²) in [5.41, 5.74) is 0. The van der Waals surface area contributed by atoms with Crippen LogP contribution in [0, 0.1) is 5.92 Å². The van der Waals surface area contributed by atoms with Gasteiger partial charge in [0.25, 0.3) is 0 Å². The van der Waals surface area contributed by atoms with Crippen molar-refractivity contribution in [2.24, 2.45) is 5.92 Å². The number of amides is 1. The minimum atomic E-state index is 0.202. The van der Waals surface area contributed by atoms with Crippen molar-refractivity contribution in [3.05, 3.63) is 42.5 Å². The fraction of sp³-hybridized carbons (Fsp3) is 0.450. The van der Waals surface area contributed by atoms with Gasteiger partial charge in [0, 0.05) is 31.5 Å². The molecular formula is C20H25NO3. The third-order valence-corrected chi connectivity index (χ3v) is 4.77. The van der Waals surface area contributed by atoms with Gasteiger partial charge in [-0.25, -0.2) is 0 Å². The van der Waals surface area contributed by atoms with Gasteiger partial charge in [-0.1, -0.05) is 36.4 Å². The molecule has 0 saturated carbocycles. The molecule has 2 aromatic rings. The van der Waals surface area contributed by atoms with Crippen molar-refractivity contribution in [2.45, 2.75) is 25.7 Å². The number of hydrogen-bond donors (Lipinski definition) is 1. The van der Waals surface area contributed by atoms with E-state index in [0.29, 0.717) is 18.9 Å². The van der Waals surface area contributed by atoms with Gasteiger partial charge in [0.1, 0.15) is 5.75 Å². The summed E-state index contributed by atoms with van der Waals surface area (Å²) in [4.78, 5) is 14.1. The normalized spacial score (nSPS) is 15.6. The van der Waals surface area contributed by atoms with E-state index >= 15 is 0 Å². The molecular weight excluding hydrogens is 302 g/mol. The van der Waals surface area contributed by atoms with Crippen LogP contribution in [0.2, 0.25) is 0 Å². The average molecular weight is 327 g/mol. The molecule has 0 unspecified atom stereocenters. The zero-order chi connectivity index (χ0) is 16.8. The summed E-state index contributed by atoms with van der Waals surface area (Å²) in [5.74, 6) is 1.45. The Labute approximate surface area is 143 Å². The van der Waals surface area contributed by atoms with Crippen LogP contribution in [0.25, 0.3) is 10.8 Å². The number of hydrogen-bond acceptors (Lipinski definition) is 3. The van der Waals surface area contributed by atoms with Crippen LogP contribution >= 0.6 is 0 Å². The molecule has 1 aliphatic rings. The zero-order valence-electron chi connectivity index (χ0n) is 14.0. The van der Waals surface area contributed by atoms with Crippen LogP contribution in [-0.2, 0) is 4.79 Å². The first kappa shape index (κ1) is 16.8. The number of piperidine rings is 1. The highest BCUT2D eigenvalue weighted by Crippen LogP contribution is 2.25. The number of carbonyl (C=O) groups is 1. The van der Waals surface area contributed by atoms with Crippen LogP contribution in [0.4, 0.5) is 0 Å². The Hall–Kier alpha value is -2.07. The Balaban J connectivity index is 1.44. The van der Waals surface area contributed by atoms with Gasteiger partial charge < -0.3 is 14.7 Å². The lowest BCUT2D eigenvalue weighted by molar-refractivity contribution is -0.133. The van der Waals surface area contributed by atoms with Gasteiger partial charge in [-0.05, 0) is 36.6 Å². The molecule has 0 bridgehead atoms. The van der Waals surface area contributed by atoms with Crippen molar-refractivity contribution >= 4 is 16.7 Å². The molecule has 0 atom stereocenters. The molecule has 0 aromatic heterocycles. The van der Waals surface area contributed by atoms with Crippen molar-refractivity contribution in [1.82, 2.24) is 4.90 Å². The minimum Gasteiger partial charge on any atom is -0.493 e. The second-order valence-electron chi connectivity index (χ2n) is 6.44. The fourth-order valence-corrected chi connectivity index (χ4v) is 3.25. The number of ether oxygens (including phenoxy) is 1. The van der Waals surface area contributed by atoms with Gasteiger partial charge in [0.15, 0.2) is 0 Å². The average Bonchev–Trinajstić information content (AvgIpc) is 2.65. The lowest BCUT2D eigenvalue weighted by Gasteiger charge is -2.31. The lowest BCUT2D eigenvalue weighted by Crippen LogP contribution is -2.39.